The zero-order valence-electron chi connectivity index (χ0n) is 49.1. The molecule has 14 rings (SSSR count). The Labute approximate surface area is 557 Å². The quantitative estimate of drug-likeness (QED) is 0.0131. The molecule has 8 aliphatic carbocycles. The van der Waals surface area contributed by atoms with Crippen LogP contribution >= 0.6 is 24.1 Å². The molecule has 4 aromatic rings. The molecule has 10 fully saturated rings. The number of hydrogen-bond acceptors (Lipinski definition) is 14. The third-order valence-electron chi connectivity index (χ3n) is 18.6. The maximum atomic E-state index is 13.7. The number of rotatable bonds is 20. The standard InChI is InChI=1S/2C20H24F2O5S.2C12H15OS.CH4.BrH.Na/c2*1-13-2-4-16(5-3-13)19-9-14-6-15(10-19)8-18(7-14,11-19)12-25-17(23)20(21,22)28-27-26-24;2*13-12(10-14-8-4-5-9-14)11-6-2-1-3-7-11;;;/h2*2-5,14-15,24H,6-12H2,1H3;2*1-3,6-7H,4-5,8-10H2;1H4;1H;/q;;2*+1;;;+1/p-3. The first kappa shape index (κ1) is 73.6. The van der Waals surface area contributed by atoms with Gasteiger partial charge in [-0.05, 0) is 184 Å². The van der Waals surface area contributed by atoms with Crippen LogP contribution in [-0.4, -0.2) is 81.7 Å². The maximum absolute atomic E-state index is 13.7. The Hall–Kier alpha value is -2.48. The first-order valence-electron chi connectivity index (χ1n) is 29.2. The van der Waals surface area contributed by atoms with Gasteiger partial charge in [-0.3, -0.25) is 19.7 Å². The molecule has 87 heavy (non-hydrogen) atoms. The Kier molecular flexibility index (Phi) is 27.8. The van der Waals surface area contributed by atoms with Crippen molar-refractivity contribution in [2.45, 2.75) is 145 Å². The molecular formula is C65H80BrF4NaO12S4. The molecule has 10 aliphatic rings. The third kappa shape index (κ3) is 19.3. The summed E-state index contributed by atoms with van der Waals surface area (Å²) in [5.74, 6) is 6.07. The summed E-state index contributed by atoms with van der Waals surface area (Å²) in [5.41, 5.74) is 6.36. The second-order valence-electron chi connectivity index (χ2n) is 25.2. The molecule has 8 bridgehead atoms. The predicted octanol–water partition coefficient (Wildman–Crippen LogP) is 6.89. The van der Waals surface area contributed by atoms with Gasteiger partial charge in [-0.25, -0.2) is 9.59 Å². The number of carbonyl (C=O) groups excluding carboxylic acids is 4. The van der Waals surface area contributed by atoms with E-state index in [-0.39, 0.29) is 88.8 Å². The average Bonchev–Trinajstić information content (AvgIpc) is 0.799. The Morgan fingerprint density at radius 3 is 1.13 bits per heavy atom. The van der Waals surface area contributed by atoms with Gasteiger partial charge in [-0.1, -0.05) is 128 Å². The smallest absolute Gasteiger partial charge is 1.00 e. The number of hydrogen-bond donors (Lipinski definition) is 0. The molecule has 0 N–H and O–H groups in total. The van der Waals surface area contributed by atoms with Gasteiger partial charge in [-0.15, -0.1) is 0 Å². The van der Waals surface area contributed by atoms with E-state index in [2.05, 4.69) is 81.1 Å². The van der Waals surface area contributed by atoms with Crippen molar-refractivity contribution in [3.63, 3.8) is 0 Å². The Balaban J connectivity index is 0.000000192. The van der Waals surface area contributed by atoms with Crippen molar-refractivity contribution in [1.82, 2.24) is 0 Å². The van der Waals surface area contributed by atoms with Crippen molar-refractivity contribution >= 4 is 69.4 Å². The fourth-order valence-electron chi connectivity index (χ4n) is 16.0. The normalized spacial score (nSPS) is 27.3. The first-order valence-corrected chi connectivity index (χ1v) is 34.2. The van der Waals surface area contributed by atoms with Crippen molar-refractivity contribution in [3.8, 4) is 0 Å². The minimum atomic E-state index is -3.98. The minimum absolute atomic E-state index is 0. The second kappa shape index (κ2) is 32.9. The van der Waals surface area contributed by atoms with E-state index in [1.807, 2.05) is 60.7 Å². The van der Waals surface area contributed by atoms with Gasteiger partial charge >= 0.3 is 52.0 Å². The van der Waals surface area contributed by atoms with E-state index < -0.39 is 46.5 Å². The first-order chi connectivity index (χ1) is 40.2. The van der Waals surface area contributed by atoms with Crippen molar-refractivity contribution in [2.24, 2.45) is 34.5 Å². The average molecular weight is 1360 g/mol. The zero-order chi connectivity index (χ0) is 59.6. The van der Waals surface area contributed by atoms with E-state index in [0.29, 0.717) is 57.0 Å². The van der Waals surface area contributed by atoms with Gasteiger partial charge in [-0.2, -0.15) is 26.2 Å². The van der Waals surface area contributed by atoms with Crippen LogP contribution in [0.5, 0.6) is 0 Å². The summed E-state index contributed by atoms with van der Waals surface area (Å²) in [6, 6.07) is 36.6. The number of esters is 2. The van der Waals surface area contributed by atoms with Gasteiger partial charge in [0.2, 0.25) is 11.6 Å². The number of Topliss-reactive ketones (excluding diaryl/α,β-unsaturated/α-hetero) is 2. The Bertz CT molecular complexity index is 2620. The predicted molar refractivity (Wildman–Crippen MR) is 322 cm³/mol. The molecule has 0 spiro atoms. The van der Waals surface area contributed by atoms with Crippen LogP contribution in [0.25, 0.3) is 0 Å². The molecule has 2 aliphatic heterocycles. The van der Waals surface area contributed by atoms with Gasteiger partial charge < -0.3 is 37.0 Å². The number of aryl methyl sites for hydroxylation is 2. The molecule has 0 amide bonds. The molecule has 2 saturated heterocycles. The molecule has 2 heterocycles. The van der Waals surface area contributed by atoms with Crippen LogP contribution in [-0.2, 0) is 70.4 Å². The maximum Gasteiger partial charge on any atom is 1.00 e. The van der Waals surface area contributed by atoms with Crippen LogP contribution in [0.1, 0.15) is 153 Å². The molecule has 4 aromatic carbocycles. The van der Waals surface area contributed by atoms with Crippen LogP contribution in [0.3, 0.4) is 0 Å². The summed E-state index contributed by atoms with van der Waals surface area (Å²) < 4.78 is 72.0. The van der Waals surface area contributed by atoms with Crippen LogP contribution in [0.2, 0.25) is 0 Å². The number of carbonyl (C=O) groups is 4. The molecule has 8 saturated carbocycles. The topological polar surface area (TPSA) is 170 Å². The van der Waals surface area contributed by atoms with Crippen LogP contribution in [0, 0.1) is 48.3 Å². The van der Waals surface area contributed by atoms with Gasteiger partial charge in [0, 0.05) is 22.0 Å². The van der Waals surface area contributed by atoms with E-state index in [1.165, 1.54) is 83.8 Å². The number of alkyl halides is 4. The fourth-order valence-corrected chi connectivity index (χ4v) is 21.0. The van der Waals surface area contributed by atoms with Crippen molar-refractivity contribution in [1.29, 1.82) is 0 Å². The summed E-state index contributed by atoms with van der Waals surface area (Å²) in [7, 11) is 0.785. The Morgan fingerprint density at radius 1 is 0.517 bits per heavy atom. The van der Waals surface area contributed by atoms with Gasteiger partial charge in [0.05, 0.1) is 13.2 Å². The van der Waals surface area contributed by atoms with Crippen molar-refractivity contribution in [3.05, 3.63) is 143 Å². The minimum Gasteiger partial charge on any atom is -1.00 e. The monoisotopic (exact) mass is 1360 g/mol. The molecule has 4 atom stereocenters. The van der Waals surface area contributed by atoms with Crippen LogP contribution in [0.15, 0.2) is 109 Å². The van der Waals surface area contributed by atoms with E-state index >= 15 is 0 Å². The molecule has 4 unspecified atom stereocenters. The summed E-state index contributed by atoms with van der Waals surface area (Å²) >= 11 is -1.28. The van der Waals surface area contributed by atoms with Crippen LogP contribution in [0.4, 0.5) is 17.6 Å². The SMILES string of the molecule is C.Cc1ccc(C23CC4CC(CC(COC(=O)C(F)(F)SOO[O-])(C4)C2)C3)cc1.Cc1ccc(C23CC4CC(CC(COC(=O)C(F)(F)SOO[O-])(C4)C2)C3)cc1.O=C(C[S+]1CCCC1)c1ccccc1.O=C(C[S+]1CCCC1)c1ccccc1.[Br-].[Na+]. The molecule has 0 radical (unpaired) electrons. The number of ketones is 2. The fraction of sp³-hybridized carbons (Fsp3) is 0.569. The second-order valence-corrected chi connectivity index (χ2v) is 31.5. The zero-order valence-corrected chi connectivity index (χ0v) is 55.9. The molecule has 22 heteroatoms. The molecular weight excluding hydrogens is 1280 g/mol. The molecule has 12 nitrogen and oxygen atoms in total. The third-order valence-corrected chi connectivity index (χ3v) is 24.4. The molecule has 472 valence electrons. The van der Waals surface area contributed by atoms with Crippen molar-refractivity contribution in [2.75, 3.05) is 47.7 Å². The number of halogens is 5. The largest absolute Gasteiger partial charge is 1.00 e. The van der Waals surface area contributed by atoms with Crippen LogP contribution < -0.4 is 57.1 Å². The summed E-state index contributed by atoms with van der Waals surface area (Å²) in [4.78, 5) is 47.3. The summed E-state index contributed by atoms with van der Waals surface area (Å²) in [6.45, 7) is 4.07. The number of benzene rings is 4. The van der Waals surface area contributed by atoms with Crippen molar-refractivity contribution < 1.29 is 122 Å². The van der Waals surface area contributed by atoms with E-state index in [1.54, 1.807) is 0 Å². The summed E-state index contributed by atoms with van der Waals surface area (Å²) in [5, 5.41) is 17.3. The summed E-state index contributed by atoms with van der Waals surface area (Å²) in [6.07, 6.45) is 17.4. The van der Waals surface area contributed by atoms with Gasteiger partial charge in [0.25, 0.3) is 0 Å². The molecule has 0 aromatic heterocycles. The Morgan fingerprint density at radius 2 is 0.828 bits per heavy atom. The van der Waals surface area contributed by atoms with E-state index in [4.69, 9.17) is 9.47 Å². The van der Waals surface area contributed by atoms with Gasteiger partial charge in [0.1, 0.15) is 47.1 Å². The van der Waals surface area contributed by atoms with E-state index in [9.17, 15) is 47.3 Å². The van der Waals surface area contributed by atoms with Gasteiger partial charge in [0.15, 0.2) is 11.5 Å². The number of ether oxygens (including phenoxy) is 2. The van der Waals surface area contributed by atoms with E-state index in [0.717, 1.165) is 86.8 Å².